The highest BCUT2D eigenvalue weighted by Gasteiger charge is 2.24. The van der Waals surface area contributed by atoms with Crippen molar-refractivity contribution < 1.29 is 9.90 Å². The molecule has 126 valence electrons. The van der Waals surface area contributed by atoms with Gasteiger partial charge in [0.1, 0.15) is 0 Å². The number of hydrogen-bond acceptors (Lipinski definition) is 3. The van der Waals surface area contributed by atoms with Gasteiger partial charge in [0.05, 0.1) is 18.5 Å². The number of aromatic nitrogens is 1. The highest BCUT2D eigenvalue weighted by atomic mass is 16.3. The standard InChI is InChI=1S/C20H24N2O2/c23-14-18-10-11-21-13-19(18)22-20(24)12-15-6-8-17(9-7-15)16-4-2-1-3-5-16/h1-5,10-11,13,15,17,23H,6-9,12,14H2,(H,22,24). The summed E-state index contributed by atoms with van der Waals surface area (Å²) in [5.74, 6) is 1.09. The lowest BCUT2D eigenvalue weighted by atomic mass is 9.77. The van der Waals surface area contributed by atoms with Crippen molar-refractivity contribution in [3.05, 3.63) is 59.9 Å². The second kappa shape index (κ2) is 8.06. The van der Waals surface area contributed by atoms with Crippen LogP contribution in [0.1, 0.15) is 49.1 Å². The fourth-order valence-electron chi connectivity index (χ4n) is 3.56. The normalized spacial score (nSPS) is 20.5. The molecule has 0 saturated heterocycles. The van der Waals surface area contributed by atoms with Crippen LogP contribution in [0.25, 0.3) is 0 Å². The van der Waals surface area contributed by atoms with E-state index in [1.807, 2.05) is 0 Å². The van der Waals surface area contributed by atoms with E-state index in [1.54, 1.807) is 18.5 Å². The minimum atomic E-state index is -0.0969. The Morgan fingerprint density at radius 1 is 1.12 bits per heavy atom. The number of nitrogens with one attached hydrogen (secondary N) is 1. The molecular weight excluding hydrogens is 300 g/mol. The fourth-order valence-corrected chi connectivity index (χ4v) is 3.56. The van der Waals surface area contributed by atoms with Gasteiger partial charge in [-0.25, -0.2) is 0 Å². The summed E-state index contributed by atoms with van der Waals surface area (Å²) in [5, 5.41) is 12.2. The monoisotopic (exact) mass is 324 g/mol. The Morgan fingerprint density at radius 3 is 2.58 bits per heavy atom. The lowest BCUT2D eigenvalue weighted by Gasteiger charge is -2.28. The van der Waals surface area contributed by atoms with Crippen LogP contribution in [-0.4, -0.2) is 16.0 Å². The lowest BCUT2D eigenvalue weighted by molar-refractivity contribution is -0.117. The molecule has 24 heavy (non-hydrogen) atoms. The van der Waals surface area contributed by atoms with E-state index in [1.165, 1.54) is 5.56 Å². The zero-order valence-corrected chi connectivity index (χ0v) is 13.8. The van der Waals surface area contributed by atoms with Gasteiger partial charge in [-0.3, -0.25) is 9.78 Å². The molecule has 0 radical (unpaired) electrons. The molecule has 1 aromatic carbocycles. The molecule has 1 heterocycles. The second-order valence-electron chi connectivity index (χ2n) is 6.57. The Labute approximate surface area is 142 Å². The van der Waals surface area contributed by atoms with Crippen LogP contribution in [0.5, 0.6) is 0 Å². The maximum atomic E-state index is 12.3. The molecule has 2 aromatic rings. The summed E-state index contributed by atoms with van der Waals surface area (Å²) < 4.78 is 0. The summed E-state index contributed by atoms with van der Waals surface area (Å²) in [5.41, 5.74) is 2.73. The van der Waals surface area contributed by atoms with Crippen molar-refractivity contribution in [3.8, 4) is 0 Å². The highest BCUT2D eigenvalue weighted by molar-refractivity contribution is 5.91. The SMILES string of the molecule is O=C(CC1CCC(c2ccccc2)CC1)Nc1cnccc1CO. The average molecular weight is 324 g/mol. The molecule has 0 aliphatic heterocycles. The third kappa shape index (κ3) is 4.20. The van der Waals surface area contributed by atoms with Gasteiger partial charge in [0.15, 0.2) is 0 Å². The number of nitrogens with zero attached hydrogens (tertiary/aromatic N) is 1. The minimum absolute atomic E-state index is 0.0147. The zero-order chi connectivity index (χ0) is 16.8. The third-order valence-electron chi connectivity index (χ3n) is 4.95. The van der Waals surface area contributed by atoms with Gasteiger partial charge in [-0.15, -0.1) is 0 Å². The number of hydrogen-bond donors (Lipinski definition) is 2. The average Bonchev–Trinajstić information content (AvgIpc) is 2.63. The fraction of sp³-hybridized carbons (Fsp3) is 0.400. The van der Waals surface area contributed by atoms with Crippen LogP contribution in [0.15, 0.2) is 48.8 Å². The molecule has 0 atom stereocenters. The number of aliphatic hydroxyl groups is 1. The van der Waals surface area contributed by atoms with Gasteiger partial charge in [-0.05, 0) is 49.1 Å². The van der Waals surface area contributed by atoms with Gasteiger partial charge in [0, 0.05) is 18.2 Å². The first-order valence-corrected chi connectivity index (χ1v) is 8.65. The van der Waals surface area contributed by atoms with E-state index in [9.17, 15) is 9.90 Å². The van der Waals surface area contributed by atoms with Gasteiger partial charge < -0.3 is 10.4 Å². The van der Waals surface area contributed by atoms with E-state index in [2.05, 4.69) is 40.6 Å². The Morgan fingerprint density at radius 2 is 1.88 bits per heavy atom. The molecule has 0 unspecified atom stereocenters. The summed E-state index contributed by atoms with van der Waals surface area (Å²) in [6.07, 6.45) is 8.23. The number of amides is 1. The summed E-state index contributed by atoms with van der Waals surface area (Å²) >= 11 is 0. The first kappa shape index (κ1) is 16.7. The Kier molecular flexibility index (Phi) is 5.59. The third-order valence-corrected chi connectivity index (χ3v) is 4.95. The van der Waals surface area contributed by atoms with Crippen molar-refractivity contribution >= 4 is 11.6 Å². The van der Waals surface area contributed by atoms with Gasteiger partial charge in [-0.2, -0.15) is 0 Å². The smallest absolute Gasteiger partial charge is 0.224 e. The van der Waals surface area contributed by atoms with Crippen LogP contribution < -0.4 is 5.32 Å². The van der Waals surface area contributed by atoms with Crippen molar-refractivity contribution in [1.29, 1.82) is 0 Å². The minimum Gasteiger partial charge on any atom is -0.392 e. The van der Waals surface area contributed by atoms with Crippen LogP contribution >= 0.6 is 0 Å². The van der Waals surface area contributed by atoms with E-state index in [0.717, 1.165) is 25.7 Å². The van der Waals surface area contributed by atoms with Crippen molar-refractivity contribution in [2.75, 3.05) is 5.32 Å². The first-order valence-electron chi connectivity index (χ1n) is 8.65. The molecule has 1 fully saturated rings. The van der Waals surface area contributed by atoms with Crippen LogP contribution in [-0.2, 0) is 11.4 Å². The first-order chi connectivity index (χ1) is 11.8. The summed E-state index contributed by atoms with van der Waals surface area (Å²) in [7, 11) is 0. The molecule has 1 saturated carbocycles. The topological polar surface area (TPSA) is 62.2 Å². The van der Waals surface area contributed by atoms with Gasteiger partial charge in [0.2, 0.25) is 5.91 Å². The van der Waals surface area contributed by atoms with Crippen molar-refractivity contribution in [3.63, 3.8) is 0 Å². The molecule has 1 aliphatic carbocycles. The van der Waals surface area contributed by atoms with Crippen LogP contribution in [0.2, 0.25) is 0 Å². The molecule has 4 heteroatoms. The Hall–Kier alpha value is -2.20. The largest absolute Gasteiger partial charge is 0.392 e. The van der Waals surface area contributed by atoms with Crippen LogP contribution in [0.4, 0.5) is 5.69 Å². The Balaban J connectivity index is 1.50. The lowest BCUT2D eigenvalue weighted by Crippen LogP contribution is -2.21. The van der Waals surface area contributed by atoms with E-state index >= 15 is 0 Å². The van der Waals surface area contributed by atoms with Crippen LogP contribution in [0.3, 0.4) is 0 Å². The molecular formula is C20H24N2O2. The number of aliphatic hydroxyl groups excluding tert-OH is 1. The Bertz CT molecular complexity index is 664. The maximum Gasteiger partial charge on any atom is 0.224 e. The zero-order valence-electron chi connectivity index (χ0n) is 13.8. The summed E-state index contributed by atoms with van der Waals surface area (Å²) in [6, 6.07) is 12.4. The molecule has 1 aliphatic rings. The molecule has 2 N–H and O–H groups in total. The maximum absolute atomic E-state index is 12.3. The second-order valence-corrected chi connectivity index (χ2v) is 6.57. The van der Waals surface area contributed by atoms with Crippen molar-refractivity contribution in [1.82, 2.24) is 4.98 Å². The van der Waals surface area contributed by atoms with Gasteiger partial charge in [-0.1, -0.05) is 30.3 Å². The van der Waals surface area contributed by atoms with Crippen LogP contribution in [0, 0.1) is 5.92 Å². The molecule has 0 spiro atoms. The van der Waals surface area contributed by atoms with Crippen molar-refractivity contribution in [2.24, 2.45) is 5.92 Å². The van der Waals surface area contributed by atoms with E-state index < -0.39 is 0 Å². The quantitative estimate of drug-likeness (QED) is 0.877. The summed E-state index contributed by atoms with van der Waals surface area (Å²) in [4.78, 5) is 16.3. The van der Waals surface area contributed by atoms with Gasteiger partial charge >= 0.3 is 0 Å². The molecule has 4 nitrogen and oxygen atoms in total. The van der Waals surface area contributed by atoms with Gasteiger partial charge in [0.25, 0.3) is 0 Å². The van der Waals surface area contributed by atoms with Crippen molar-refractivity contribution in [2.45, 2.75) is 44.6 Å². The van der Waals surface area contributed by atoms with E-state index in [0.29, 0.717) is 29.5 Å². The van der Waals surface area contributed by atoms with E-state index in [-0.39, 0.29) is 12.5 Å². The number of benzene rings is 1. The number of anilines is 1. The molecule has 1 aromatic heterocycles. The number of carbonyl (C=O) groups is 1. The molecule has 1 amide bonds. The summed E-state index contributed by atoms with van der Waals surface area (Å²) in [6.45, 7) is -0.0969. The predicted molar refractivity (Wildman–Crippen MR) is 94.5 cm³/mol. The highest BCUT2D eigenvalue weighted by Crippen LogP contribution is 2.37. The molecule has 0 bridgehead atoms. The number of pyridine rings is 1. The number of carbonyl (C=O) groups excluding carboxylic acids is 1. The predicted octanol–water partition coefficient (Wildman–Crippen LogP) is 3.88. The molecule has 3 rings (SSSR count). The van der Waals surface area contributed by atoms with E-state index in [4.69, 9.17) is 0 Å². The number of rotatable bonds is 5.